The highest BCUT2D eigenvalue weighted by molar-refractivity contribution is 7.91. The number of carbonyl (C=O) groups excluding carboxylic acids is 1. The maximum atomic E-state index is 12.0. The first-order valence-corrected chi connectivity index (χ1v) is 11.9. The number of aliphatic imine (C=N–C) groups is 1. The highest BCUT2D eigenvalue weighted by Crippen LogP contribution is 2.15. The van der Waals surface area contributed by atoms with E-state index in [0.717, 1.165) is 13.1 Å². The first kappa shape index (κ1) is 23.0. The number of nitrogens with one attached hydrogen (secondary N) is 3. The fraction of sp³-hybridized carbons (Fsp3) is 0.600. The van der Waals surface area contributed by atoms with E-state index < -0.39 is 9.84 Å². The van der Waals surface area contributed by atoms with E-state index in [9.17, 15) is 13.2 Å². The zero-order chi connectivity index (χ0) is 21.3. The van der Waals surface area contributed by atoms with Crippen molar-refractivity contribution in [1.29, 1.82) is 0 Å². The normalized spacial score (nSPS) is 18.3. The SMILES string of the molecule is CCN(CCNC(=NC)NCCC(=O)NC1CCS(=O)(=O)C1)c1cccc(C)c1. The number of benzene rings is 1. The average molecular weight is 424 g/mol. The Morgan fingerprint density at radius 3 is 2.66 bits per heavy atom. The Morgan fingerprint density at radius 2 is 2.03 bits per heavy atom. The van der Waals surface area contributed by atoms with Crippen molar-refractivity contribution in [3.05, 3.63) is 29.8 Å². The van der Waals surface area contributed by atoms with Gasteiger partial charge in [0, 0.05) is 51.4 Å². The summed E-state index contributed by atoms with van der Waals surface area (Å²) in [6.45, 7) is 7.10. The number of hydrogen-bond donors (Lipinski definition) is 3. The van der Waals surface area contributed by atoms with E-state index in [-0.39, 0.29) is 29.9 Å². The van der Waals surface area contributed by atoms with Gasteiger partial charge in [-0.15, -0.1) is 0 Å². The molecular weight excluding hydrogens is 390 g/mol. The predicted molar refractivity (Wildman–Crippen MR) is 118 cm³/mol. The van der Waals surface area contributed by atoms with Crippen LogP contribution < -0.4 is 20.9 Å². The van der Waals surface area contributed by atoms with Gasteiger partial charge in [0.05, 0.1) is 11.5 Å². The van der Waals surface area contributed by atoms with E-state index in [1.165, 1.54) is 11.3 Å². The summed E-state index contributed by atoms with van der Waals surface area (Å²) in [5, 5.41) is 9.18. The minimum atomic E-state index is -2.98. The molecule has 2 rings (SSSR count). The van der Waals surface area contributed by atoms with Crippen LogP contribution in [0.5, 0.6) is 0 Å². The van der Waals surface area contributed by atoms with Crippen LogP contribution in [0.4, 0.5) is 5.69 Å². The number of nitrogens with zero attached hydrogens (tertiary/aromatic N) is 2. The van der Waals surface area contributed by atoms with Crippen molar-refractivity contribution in [2.24, 2.45) is 4.99 Å². The van der Waals surface area contributed by atoms with E-state index in [2.05, 4.69) is 64.0 Å². The minimum absolute atomic E-state index is 0.0459. The number of aryl methyl sites for hydroxylation is 1. The number of carbonyl (C=O) groups is 1. The van der Waals surface area contributed by atoms with Gasteiger partial charge in [-0.2, -0.15) is 0 Å². The Morgan fingerprint density at radius 1 is 1.28 bits per heavy atom. The molecule has 0 spiro atoms. The van der Waals surface area contributed by atoms with E-state index in [4.69, 9.17) is 0 Å². The van der Waals surface area contributed by atoms with E-state index >= 15 is 0 Å². The summed E-state index contributed by atoms with van der Waals surface area (Å²) in [6, 6.07) is 8.17. The van der Waals surface area contributed by atoms with E-state index in [1.54, 1.807) is 7.05 Å². The van der Waals surface area contributed by atoms with Crippen LogP contribution in [-0.2, 0) is 14.6 Å². The quantitative estimate of drug-likeness (QED) is 0.399. The molecule has 0 aliphatic carbocycles. The fourth-order valence-electron chi connectivity index (χ4n) is 3.33. The third-order valence-corrected chi connectivity index (χ3v) is 6.66. The average Bonchev–Trinajstić information content (AvgIpc) is 3.01. The van der Waals surface area contributed by atoms with Gasteiger partial charge in [-0.1, -0.05) is 12.1 Å². The summed E-state index contributed by atoms with van der Waals surface area (Å²) in [5.74, 6) is 0.696. The summed E-state index contributed by atoms with van der Waals surface area (Å²) in [5.41, 5.74) is 2.43. The molecule has 3 N–H and O–H groups in total. The van der Waals surface area contributed by atoms with Crippen LogP contribution in [0, 0.1) is 6.92 Å². The van der Waals surface area contributed by atoms with Crippen LogP contribution in [0.25, 0.3) is 0 Å². The van der Waals surface area contributed by atoms with Crippen molar-refractivity contribution in [1.82, 2.24) is 16.0 Å². The zero-order valence-electron chi connectivity index (χ0n) is 17.6. The number of anilines is 1. The van der Waals surface area contributed by atoms with Gasteiger partial charge in [-0.3, -0.25) is 9.79 Å². The van der Waals surface area contributed by atoms with Crippen molar-refractivity contribution in [3.8, 4) is 0 Å². The van der Waals surface area contributed by atoms with Gasteiger partial charge in [0.15, 0.2) is 15.8 Å². The van der Waals surface area contributed by atoms with Gasteiger partial charge in [0.25, 0.3) is 0 Å². The largest absolute Gasteiger partial charge is 0.370 e. The first-order chi connectivity index (χ1) is 13.8. The summed E-state index contributed by atoms with van der Waals surface area (Å²) in [7, 11) is -1.29. The molecule has 0 aromatic heterocycles. The fourth-order valence-corrected chi connectivity index (χ4v) is 5.00. The molecule has 1 aliphatic heterocycles. The van der Waals surface area contributed by atoms with E-state index in [0.29, 0.717) is 25.5 Å². The molecule has 1 amide bonds. The molecule has 1 saturated heterocycles. The summed E-state index contributed by atoms with van der Waals surface area (Å²) in [6.07, 6.45) is 0.765. The van der Waals surface area contributed by atoms with Gasteiger partial charge < -0.3 is 20.9 Å². The van der Waals surface area contributed by atoms with Crippen molar-refractivity contribution < 1.29 is 13.2 Å². The molecule has 0 saturated carbocycles. The lowest BCUT2D eigenvalue weighted by molar-refractivity contribution is -0.121. The second-order valence-electron chi connectivity index (χ2n) is 7.26. The predicted octanol–water partition coefficient (Wildman–Crippen LogP) is 0.680. The molecule has 0 bridgehead atoms. The second-order valence-corrected chi connectivity index (χ2v) is 9.49. The van der Waals surface area contributed by atoms with Crippen LogP contribution in [0.3, 0.4) is 0 Å². The summed E-state index contributed by atoms with van der Waals surface area (Å²) >= 11 is 0. The number of sulfone groups is 1. The number of amides is 1. The molecule has 162 valence electrons. The zero-order valence-corrected chi connectivity index (χ0v) is 18.4. The van der Waals surface area contributed by atoms with Crippen molar-refractivity contribution in [2.75, 3.05) is 49.6 Å². The van der Waals surface area contributed by atoms with Crippen molar-refractivity contribution in [2.45, 2.75) is 32.7 Å². The van der Waals surface area contributed by atoms with Gasteiger partial charge in [0.2, 0.25) is 5.91 Å². The number of likely N-dealkylation sites (N-methyl/N-ethyl adjacent to an activating group) is 1. The highest BCUT2D eigenvalue weighted by atomic mass is 32.2. The lowest BCUT2D eigenvalue weighted by Gasteiger charge is -2.24. The molecule has 1 atom stereocenters. The molecule has 1 fully saturated rings. The summed E-state index contributed by atoms with van der Waals surface area (Å²) in [4.78, 5) is 18.5. The smallest absolute Gasteiger partial charge is 0.222 e. The Labute approximate surface area is 174 Å². The summed E-state index contributed by atoms with van der Waals surface area (Å²) < 4.78 is 22.9. The van der Waals surface area contributed by atoms with Crippen LogP contribution in [0.2, 0.25) is 0 Å². The van der Waals surface area contributed by atoms with Gasteiger partial charge in [-0.05, 0) is 38.0 Å². The van der Waals surface area contributed by atoms with Crippen molar-refractivity contribution >= 4 is 27.4 Å². The molecule has 29 heavy (non-hydrogen) atoms. The lowest BCUT2D eigenvalue weighted by Crippen LogP contribution is -2.43. The molecule has 0 radical (unpaired) electrons. The van der Waals surface area contributed by atoms with Crippen LogP contribution in [-0.4, -0.2) is 71.1 Å². The van der Waals surface area contributed by atoms with Crippen LogP contribution >= 0.6 is 0 Å². The molecule has 1 aliphatic rings. The number of guanidine groups is 1. The third kappa shape index (κ3) is 7.92. The van der Waals surface area contributed by atoms with Gasteiger partial charge >= 0.3 is 0 Å². The second kappa shape index (κ2) is 11.0. The molecule has 1 heterocycles. The van der Waals surface area contributed by atoms with Crippen LogP contribution in [0.15, 0.2) is 29.3 Å². The molecule has 1 aromatic rings. The third-order valence-electron chi connectivity index (χ3n) is 4.89. The number of rotatable bonds is 9. The van der Waals surface area contributed by atoms with Gasteiger partial charge in [-0.25, -0.2) is 8.42 Å². The Hall–Kier alpha value is -2.29. The Bertz CT molecular complexity index is 810. The molecule has 1 aromatic carbocycles. The monoisotopic (exact) mass is 423 g/mol. The molecule has 9 heteroatoms. The first-order valence-electron chi connectivity index (χ1n) is 10.1. The maximum Gasteiger partial charge on any atom is 0.222 e. The van der Waals surface area contributed by atoms with Crippen LogP contribution in [0.1, 0.15) is 25.3 Å². The topological polar surface area (TPSA) is 103 Å². The highest BCUT2D eigenvalue weighted by Gasteiger charge is 2.28. The minimum Gasteiger partial charge on any atom is -0.370 e. The molecular formula is C20H33N5O3S. The van der Waals surface area contributed by atoms with Gasteiger partial charge in [0.1, 0.15) is 0 Å². The maximum absolute atomic E-state index is 12.0. The Kier molecular flexibility index (Phi) is 8.75. The molecule has 1 unspecified atom stereocenters. The molecule has 8 nitrogen and oxygen atoms in total. The van der Waals surface area contributed by atoms with Crippen molar-refractivity contribution in [3.63, 3.8) is 0 Å². The standard InChI is InChI=1S/C20H33N5O3S/c1-4-25(18-7-5-6-16(2)14-18)12-11-23-20(21-3)22-10-8-19(26)24-17-9-13-29(27,28)15-17/h5-7,14,17H,4,8-13,15H2,1-3H3,(H,24,26)(H2,21,22,23). The number of hydrogen-bond acceptors (Lipinski definition) is 5. The van der Waals surface area contributed by atoms with E-state index in [1.807, 2.05) is 0 Å². The Balaban J connectivity index is 1.67. The lowest BCUT2D eigenvalue weighted by atomic mass is 10.2.